The zero-order valence-electron chi connectivity index (χ0n) is 13.3. The highest BCUT2D eigenvalue weighted by atomic mass is 32.2. The summed E-state index contributed by atoms with van der Waals surface area (Å²) in [6.45, 7) is 2.12. The lowest BCUT2D eigenvalue weighted by Gasteiger charge is -2.16. The Kier molecular flexibility index (Phi) is 5.02. The Morgan fingerprint density at radius 1 is 1.29 bits per heavy atom. The Labute approximate surface area is 141 Å². The molecule has 9 heteroatoms. The number of rotatable bonds is 6. The summed E-state index contributed by atoms with van der Waals surface area (Å²) in [6, 6.07) is 4.04. The minimum atomic E-state index is -3.67. The molecule has 2 fully saturated rings. The SMILES string of the molecule is O=[N+]([O-])c1cc(S(=O)(=O)N2CCCC2)ccc1NC[C@@H]1CCCO1. The van der Waals surface area contributed by atoms with Crippen molar-refractivity contribution in [1.82, 2.24) is 4.31 Å². The number of benzene rings is 1. The fraction of sp³-hybridized carbons (Fsp3) is 0.600. The number of ether oxygens (including phenoxy) is 1. The van der Waals surface area contributed by atoms with Gasteiger partial charge in [0, 0.05) is 32.3 Å². The van der Waals surface area contributed by atoms with E-state index in [1.54, 1.807) is 0 Å². The average molecular weight is 355 g/mol. The van der Waals surface area contributed by atoms with E-state index in [0.29, 0.717) is 31.9 Å². The second kappa shape index (κ2) is 7.04. The van der Waals surface area contributed by atoms with Gasteiger partial charge in [-0.25, -0.2) is 8.42 Å². The van der Waals surface area contributed by atoms with Crippen LogP contribution in [-0.2, 0) is 14.8 Å². The van der Waals surface area contributed by atoms with Crippen molar-refractivity contribution in [2.75, 3.05) is 31.6 Å². The van der Waals surface area contributed by atoms with Crippen LogP contribution in [-0.4, -0.2) is 50.0 Å². The molecule has 2 aliphatic rings. The van der Waals surface area contributed by atoms with Crippen LogP contribution in [0.15, 0.2) is 23.1 Å². The van der Waals surface area contributed by atoms with E-state index in [1.807, 2.05) is 0 Å². The first-order chi connectivity index (χ1) is 11.5. The molecule has 0 bridgehead atoms. The van der Waals surface area contributed by atoms with Gasteiger partial charge in [0.05, 0.1) is 15.9 Å². The quantitative estimate of drug-likeness (QED) is 0.618. The highest BCUT2D eigenvalue weighted by molar-refractivity contribution is 7.89. The smallest absolute Gasteiger partial charge is 0.293 e. The second-order valence-electron chi connectivity index (χ2n) is 6.06. The van der Waals surface area contributed by atoms with E-state index in [9.17, 15) is 18.5 Å². The number of anilines is 1. The summed E-state index contributed by atoms with van der Waals surface area (Å²) >= 11 is 0. The maximum absolute atomic E-state index is 12.6. The number of nitro groups is 1. The van der Waals surface area contributed by atoms with Crippen molar-refractivity contribution in [3.8, 4) is 0 Å². The van der Waals surface area contributed by atoms with Gasteiger partial charge in [0.15, 0.2) is 0 Å². The topological polar surface area (TPSA) is 102 Å². The van der Waals surface area contributed by atoms with Crippen molar-refractivity contribution < 1.29 is 18.1 Å². The number of nitrogens with one attached hydrogen (secondary N) is 1. The van der Waals surface area contributed by atoms with Crippen LogP contribution >= 0.6 is 0 Å². The lowest BCUT2D eigenvalue weighted by Crippen LogP contribution is -2.28. The van der Waals surface area contributed by atoms with Crippen molar-refractivity contribution in [3.63, 3.8) is 0 Å². The highest BCUT2D eigenvalue weighted by Gasteiger charge is 2.29. The predicted molar refractivity (Wildman–Crippen MR) is 88.6 cm³/mol. The molecule has 0 unspecified atom stereocenters. The third kappa shape index (κ3) is 3.52. The Morgan fingerprint density at radius 2 is 2.04 bits per heavy atom. The van der Waals surface area contributed by atoms with E-state index in [4.69, 9.17) is 4.74 Å². The molecule has 2 saturated heterocycles. The summed E-state index contributed by atoms with van der Waals surface area (Å²) in [6.07, 6.45) is 3.59. The fourth-order valence-corrected chi connectivity index (χ4v) is 4.62. The van der Waals surface area contributed by atoms with Gasteiger partial charge in [0.1, 0.15) is 5.69 Å². The molecule has 0 amide bonds. The summed E-state index contributed by atoms with van der Waals surface area (Å²) < 4.78 is 32.0. The first kappa shape index (κ1) is 17.1. The molecule has 132 valence electrons. The monoisotopic (exact) mass is 355 g/mol. The lowest BCUT2D eigenvalue weighted by atomic mass is 10.2. The predicted octanol–water partition coefficient (Wildman–Crippen LogP) is 1.97. The van der Waals surface area contributed by atoms with Crippen molar-refractivity contribution in [3.05, 3.63) is 28.3 Å². The zero-order chi connectivity index (χ0) is 17.2. The van der Waals surface area contributed by atoms with Crippen LogP contribution in [0.1, 0.15) is 25.7 Å². The highest BCUT2D eigenvalue weighted by Crippen LogP contribution is 2.30. The number of nitro benzene ring substituents is 1. The molecule has 0 radical (unpaired) electrons. The van der Waals surface area contributed by atoms with E-state index in [2.05, 4.69) is 5.32 Å². The first-order valence-corrected chi connectivity index (χ1v) is 9.56. The fourth-order valence-electron chi connectivity index (χ4n) is 3.08. The molecule has 1 aromatic rings. The molecule has 2 heterocycles. The van der Waals surface area contributed by atoms with Crippen molar-refractivity contribution in [2.24, 2.45) is 0 Å². The molecule has 2 aliphatic heterocycles. The van der Waals surface area contributed by atoms with Gasteiger partial charge in [0.25, 0.3) is 5.69 Å². The summed E-state index contributed by atoms with van der Waals surface area (Å²) in [5, 5.41) is 14.4. The average Bonchev–Trinajstić information content (AvgIpc) is 3.26. The summed E-state index contributed by atoms with van der Waals surface area (Å²) in [5.74, 6) is 0. The minimum absolute atomic E-state index is 0.0289. The van der Waals surface area contributed by atoms with Gasteiger partial charge >= 0.3 is 0 Å². The van der Waals surface area contributed by atoms with Gasteiger partial charge in [0.2, 0.25) is 10.0 Å². The molecular weight excluding hydrogens is 334 g/mol. The minimum Gasteiger partial charge on any atom is -0.377 e. The lowest BCUT2D eigenvalue weighted by molar-refractivity contribution is -0.384. The van der Waals surface area contributed by atoms with Crippen molar-refractivity contribution in [2.45, 2.75) is 36.7 Å². The number of hydrogen-bond acceptors (Lipinski definition) is 6. The van der Waals surface area contributed by atoms with Gasteiger partial charge in [-0.15, -0.1) is 0 Å². The molecule has 8 nitrogen and oxygen atoms in total. The number of hydrogen-bond donors (Lipinski definition) is 1. The van der Waals surface area contributed by atoms with E-state index in [0.717, 1.165) is 31.7 Å². The van der Waals surface area contributed by atoms with Gasteiger partial charge in [-0.3, -0.25) is 10.1 Å². The van der Waals surface area contributed by atoms with Crippen LogP contribution in [0.25, 0.3) is 0 Å². The van der Waals surface area contributed by atoms with Crippen LogP contribution in [0.2, 0.25) is 0 Å². The van der Waals surface area contributed by atoms with Crippen molar-refractivity contribution in [1.29, 1.82) is 0 Å². The zero-order valence-corrected chi connectivity index (χ0v) is 14.1. The Hall–Kier alpha value is -1.71. The maximum atomic E-state index is 12.6. The molecule has 0 aliphatic carbocycles. The third-order valence-electron chi connectivity index (χ3n) is 4.41. The molecule has 0 saturated carbocycles. The van der Waals surface area contributed by atoms with Crippen molar-refractivity contribution >= 4 is 21.4 Å². The molecule has 0 aromatic heterocycles. The molecule has 1 N–H and O–H groups in total. The van der Waals surface area contributed by atoms with Crippen LogP contribution in [0.3, 0.4) is 0 Å². The van der Waals surface area contributed by atoms with E-state index < -0.39 is 14.9 Å². The summed E-state index contributed by atoms with van der Waals surface area (Å²) in [5.41, 5.74) is 0.0872. The standard InChI is InChI=1S/C15H21N3O5S/c19-18(20)15-10-13(24(21,22)17-7-1-2-8-17)5-6-14(15)16-11-12-4-3-9-23-12/h5-6,10,12,16H,1-4,7-9,11H2/t12-/m0/s1. The molecular formula is C15H21N3O5S. The van der Waals surface area contributed by atoms with Crippen LogP contribution in [0.4, 0.5) is 11.4 Å². The normalized spacial score (nSPS) is 21.9. The molecule has 24 heavy (non-hydrogen) atoms. The first-order valence-electron chi connectivity index (χ1n) is 8.12. The molecule has 1 aromatic carbocycles. The van der Waals surface area contributed by atoms with Gasteiger partial charge < -0.3 is 10.1 Å². The van der Waals surface area contributed by atoms with Crippen LogP contribution in [0, 0.1) is 10.1 Å². The Balaban J connectivity index is 1.82. The van der Waals surface area contributed by atoms with Gasteiger partial charge in [-0.05, 0) is 37.8 Å². The summed E-state index contributed by atoms with van der Waals surface area (Å²) in [4.78, 5) is 10.8. The molecule has 1 atom stereocenters. The Morgan fingerprint density at radius 3 is 2.67 bits per heavy atom. The van der Waals surface area contributed by atoms with Crippen LogP contribution < -0.4 is 5.32 Å². The third-order valence-corrected chi connectivity index (χ3v) is 6.31. The van der Waals surface area contributed by atoms with Crippen LogP contribution in [0.5, 0.6) is 0 Å². The number of nitrogens with zero attached hydrogens (tertiary/aromatic N) is 2. The van der Waals surface area contributed by atoms with Gasteiger partial charge in [-0.2, -0.15) is 4.31 Å². The molecule has 3 rings (SSSR count). The van der Waals surface area contributed by atoms with Gasteiger partial charge in [-0.1, -0.05) is 0 Å². The summed E-state index contributed by atoms with van der Waals surface area (Å²) in [7, 11) is -3.67. The van der Waals surface area contributed by atoms with E-state index in [-0.39, 0.29) is 16.7 Å². The number of sulfonamides is 1. The van der Waals surface area contributed by atoms with E-state index >= 15 is 0 Å². The Bertz CT molecular complexity index is 710. The maximum Gasteiger partial charge on any atom is 0.293 e. The molecule has 0 spiro atoms. The second-order valence-corrected chi connectivity index (χ2v) is 8.00. The van der Waals surface area contributed by atoms with E-state index in [1.165, 1.54) is 16.4 Å². The largest absolute Gasteiger partial charge is 0.377 e.